The van der Waals surface area contributed by atoms with Gasteiger partial charge >= 0.3 is 5.97 Å². The molecule has 2 aromatic carbocycles. The van der Waals surface area contributed by atoms with Crippen molar-refractivity contribution in [1.82, 2.24) is 0 Å². The Labute approximate surface area is 168 Å². The highest BCUT2D eigenvalue weighted by atomic mass is 16.6. The molecule has 0 aliphatic carbocycles. The molecule has 1 unspecified atom stereocenters. The number of carbonyl (C=O) groups excluding carboxylic acids is 2. The normalized spacial score (nSPS) is 29.2. The van der Waals surface area contributed by atoms with Crippen LogP contribution in [0.15, 0.2) is 66.7 Å². The topological polar surface area (TPSA) is 65.1 Å². The minimum Gasteiger partial charge on any atom is -0.497 e. The average Bonchev–Trinajstić information content (AvgIpc) is 3.41. The summed E-state index contributed by atoms with van der Waals surface area (Å²) < 4.78 is 16.9. The molecule has 148 valence electrons. The van der Waals surface area contributed by atoms with Gasteiger partial charge in [0.1, 0.15) is 23.9 Å². The van der Waals surface area contributed by atoms with E-state index < -0.39 is 23.5 Å². The minimum absolute atomic E-state index is 0.108. The van der Waals surface area contributed by atoms with E-state index in [-0.39, 0.29) is 18.5 Å². The third kappa shape index (κ3) is 2.83. The molecule has 1 amide bonds. The van der Waals surface area contributed by atoms with Gasteiger partial charge in [-0.25, -0.2) is 0 Å². The van der Waals surface area contributed by atoms with Gasteiger partial charge in [-0.05, 0) is 29.8 Å². The van der Waals surface area contributed by atoms with Crippen LogP contribution in [0.5, 0.6) is 5.75 Å². The summed E-state index contributed by atoms with van der Waals surface area (Å²) in [5, 5.41) is 0. The number of benzene rings is 2. The fourth-order valence-electron chi connectivity index (χ4n) is 4.57. The second-order valence-corrected chi connectivity index (χ2v) is 7.62. The number of fused-ring (bicyclic) bond motifs is 1. The molecule has 6 nitrogen and oxygen atoms in total. The molecule has 3 heterocycles. The average molecular weight is 391 g/mol. The Morgan fingerprint density at radius 1 is 1.17 bits per heavy atom. The van der Waals surface area contributed by atoms with Gasteiger partial charge in [0.25, 0.3) is 0 Å². The van der Waals surface area contributed by atoms with Gasteiger partial charge in [0, 0.05) is 5.69 Å². The quantitative estimate of drug-likeness (QED) is 0.579. The van der Waals surface area contributed by atoms with Crippen LogP contribution in [-0.4, -0.2) is 37.2 Å². The molecule has 6 heteroatoms. The largest absolute Gasteiger partial charge is 0.497 e. The van der Waals surface area contributed by atoms with Gasteiger partial charge in [0.05, 0.1) is 25.7 Å². The van der Waals surface area contributed by atoms with Crippen molar-refractivity contribution >= 4 is 17.6 Å². The van der Waals surface area contributed by atoms with Crippen LogP contribution in [0.1, 0.15) is 5.56 Å². The Kier molecular flexibility index (Phi) is 4.17. The van der Waals surface area contributed by atoms with Crippen molar-refractivity contribution in [2.45, 2.75) is 18.3 Å². The van der Waals surface area contributed by atoms with E-state index in [1.807, 2.05) is 66.7 Å². The third-order valence-electron chi connectivity index (χ3n) is 5.98. The van der Waals surface area contributed by atoms with Gasteiger partial charge in [0.15, 0.2) is 0 Å². The molecule has 0 radical (unpaired) electrons. The lowest BCUT2D eigenvalue weighted by molar-refractivity contribution is -0.153. The second kappa shape index (κ2) is 6.74. The molecular formula is C23H21NO5. The lowest BCUT2D eigenvalue weighted by atomic mass is 9.77. The first kappa shape index (κ1) is 17.9. The van der Waals surface area contributed by atoms with E-state index >= 15 is 0 Å². The van der Waals surface area contributed by atoms with Crippen LogP contribution in [0.25, 0.3) is 0 Å². The molecule has 0 saturated carbocycles. The Hall–Kier alpha value is -3.12. The van der Waals surface area contributed by atoms with E-state index in [0.717, 1.165) is 17.0 Å². The zero-order valence-electron chi connectivity index (χ0n) is 16.0. The lowest BCUT2D eigenvalue weighted by Crippen LogP contribution is -2.40. The Balaban J connectivity index is 1.37. The number of amides is 1. The zero-order valence-corrected chi connectivity index (χ0v) is 16.0. The van der Waals surface area contributed by atoms with Crippen molar-refractivity contribution in [3.05, 3.63) is 72.3 Å². The SMILES string of the molecule is COc1ccc(N2CC34C=C[C@@H](O3)[C@H](C(=O)OCc3ccccc3)[C@@H]4C2=O)cc1. The van der Waals surface area contributed by atoms with E-state index in [4.69, 9.17) is 14.2 Å². The summed E-state index contributed by atoms with van der Waals surface area (Å²) in [4.78, 5) is 27.9. The number of nitrogens with zero attached hydrogens (tertiary/aromatic N) is 1. The summed E-state index contributed by atoms with van der Waals surface area (Å²) in [7, 11) is 1.60. The summed E-state index contributed by atoms with van der Waals surface area (Å²) in [6.45, 7) is 0.570. The molecule has 2 saturated heterocycles. The van der Waals surface area contributed by atoms with Gasteiger partial charge in [-0.2, -0.15) is 0 Å². The monoisotopic (exact) mass is 391 g/mol. The van der Waals surface area contributed by atoms with Gasteiger partial charge in [-0.1, -0.05) is 42.5 Å². The molecule has 0 aromatic heterocycles. The minimum atomic E-state index is -0.766. The van der Waals surface area contributed by atoms with Crippen molar-refractivity contribution in [2.75, 3.05) is 18.6 Å². The van der Waals surface area contributed by atoms with Crippen LogP contribution in [0.2, 0.25) is 0 Å². The smallest absolute Gasteiger partial charge is 0.313 e. The van der Waals surface area contributed by atoms with Crippen molar-refractivity contribution < 1.29 is 23.8 Å². The molecule has 3 aliphatic rings. The third-order valence-corrected chi connectivity index (χ3v) is 5.98. The van der Waals surface area contributed by atoms with E-state index in [1.54, 1.807) is 12.0 Å². The Bertz CT molecular complexity index is 971. The van der Waals surface area contributed by atoms with E-state index in [2.05, 4.69) is 0 Å². The standard InChI is InChI=1S/C23H21NO5/c1-27-17-9-7-16(8-10-17)24-14-23-12-11-18(29-23)19(20(23)21(24)25)22(26)28-13-15-5-3-2-4-6-15/h2-12,18-20H,13-14H2,1H3/t18-,19+,20-,23?/m1/s1. The molecule has 2 aromatic rings. The maximum absolute atomic E-state index is 13.3. The predicted molar refractivity (Wildman–Crippen MR) is 105 cm³/mol. The number of carbonyl (C=O) groups is 2. The number of ether oxygens (including phenoxy) is 3. The highest BCUT2D eigenvalue weighted by Crippen LogP contribution is 2.53. The van der Waals surface area contributed by atoms with Gasteiger partial charge in [0.2, 0.25) is 5.91 Å². The van der Waals surface area contributed by atoms with Crippen LogP contribution in [0, 0.1) is 11.8 Å². The fourth-order valence-corrected chi connectivity index (χ4v) is 4.57. The van der Waals surface area contributed by atoms with Gasteiger partial charge in [-0.15, -0.1) is 0 Å². The van der Waals surface area contributed by atoms with Gasteiger partial charge in [-0.3, -0.25) is 9.59 Å². The Morgan fingerprint density at radius 3 is 2.66 bits per heavy atom. The van der Waals surface area contributed by atoms with Gasteiger partial charge < -0.3 is 19.1 Å². The maximum Gasteiger partial charge on any atom is 0.313 e. The van der Waals surface area contributed by atoms with Crippen LogP contribution in [0.3, 0.4) is 0 Å². The number of hydrogen-bond acceptors (Lipinski definition) is 5. The number of esters is 1. The molecule has 0 N–H and O–H groups in total. The molecular weight excluding hydrogens is 370 g/mol. The van der Waals surface area contributed by atoms with E-state index in [1.165, 1.54) is 0 Å². The number of rotatable bonds is 5. The fraction of sp³-hybridized carbons (Fsp3) is 0.304. The van der Waals surface area contributed by atoms with E-state index in [0.29, 0.717) is 6.54 Å². The first-order chi connectivity index (χ1) is 14.1. The molecule has 5 rings (SSSR count). The summed E-state index contributed by atoms with van der Waals surface area (Å²) in [5.41, 5.74) is 0.905. The maximum atomic E-state index is 13.3. The summed E-state index contributed by atoms with van der Waals surface area (Å²) in [5.74, 6) is -0.968. The first-order valence-electron chi connectivity index (χ1n) is 9.64. The number of anilines is 1. The van der Waals surface area contributed by atoms with Crippen LogP contribution in [0.4, 0.5) is 5.69 Å². The highest BCUT2D eigenvalue weighted by molar-refractivity contribution is 6.02. The van der Waals surface area contributed by atoms with Crippen molar-refractivity contribution in [3.63, 3.8) is 0 Å². The molecule has 3 aliphatic heterocycles. The number of methoxy groups -OCH3 is 1. The first-order valence-corrected chi connectivity index (χ1v) is 9.64. The molecule has 1 spiro atoms. The predicted octanol–water partition coefficient (Wildman–Crippen LogP) is 2.73. The highest BCUT2D eigenvalue weighted by Gasteiger charge is 2.67. The molecule has 2 fully saturated rings. The summed E-state index contributed by atoms with van der Waals surface area (Å²) in [6.07, 6.45) is 3.41. The van der Waals surface area contributed by atoms with E-state index in [9.17, 15) is 9.59 Å². The van der Waals surface area contributed by atoms with Crippen molar-refractivity contribution in [1.29, 1.82) is 0 Å². The lowest BCUT2D eigenvalue weighted by Gasteiger charge is -2.22. The summed E-state index contributed by atoms with van der Waals surface area (Å²) in [6, 6.07) is 16.8. The molecule has 4 atom stereocenters. The molecule has 29 heavy (non-hydrogen) atoms. The van der Waals surface area contributed by atoms with Crippen LogP contribution < -0.4 is 9.64 Å². The molecule has 2 bridgehead atoms. The van der Waals surface area contributed by atoms with Crippen molar-refractivity contribution in [3.8, 4) is 5.75 Å². The Morgan fingerprint density at radius 2 is 1.93 bits per heavy atom. The zero-order chi connectivity index (χ0) is 20.0. The van der Waals surface area contributed by atoms with Crippen LogP contribution in [-0.2, 0) is 25.7 Å². The van der Waals surface area contributed by atoms with Crippen molar-refractivity contribution in [2.24, 2.45) is 11.8 Å². The number of hydrogen-bond donors (Lipinski definition) is 0. The second-order valence-electron chi connectivity index (χ2n) is 7.62. The van der Waals surface area contributed by atoms with Crippen LogP contribution >= 0.6 is 0 Å². The summed E-state index contributed by atoms with van der Waals surface area (Å²) >= 11 is 0.